The molecule has 1 fully saturated rings. The minimum atomic E-state index is 0.489. The molecule has 5 heteroatoms. The summed E-state index contributed by atoms with van der Waals surface area (Å²) < 4.78 is 0. The molecule has 24 heavy (non-hydrogen) atoms. The molecule has 0 aliphatic heterocycles. The molecule has 0 amide bonds. The molecular formula is C19H22N4O. The van der Waals surface area contributed by atoms with Crippen LogP contribution in [-0.4, -0.2) is 17.0 Å². The van der Waals surface area contributed by atoms with Crippen LogP contribution in [0.4, 0.5) is 11.5 Å². The average Bonchev–Trinajstić information content (AvgIpc) is 3.13. The Morgan fingerprint density at radius 1 is 1.21 bits per heavy atom. The Kier molecular flexibility index (Phi) is 4.00. The van der Waals surface area contributed by atoms with Gasteiger partial charge in [0.15, 0.2) is 0 Å². The van der Waals surface area contributed by atoms with Crippen molar-refractivity contribution in [1.82, 2.24) is 9.97 Å². The maximum atomic E-state index is 10.8. The van der Waals surface area contributed by atoms with Crippen molar-refractivity contribution in [1.29, 1.82) is 0 Å². The van der Waals surface area contributed by atoms with Crippen LogP contribution in [-0.2, 0) is 19.3 Å². The van der Waals surface area contributed by atoms with Crippen LogP contribution in [0.2, 0.25) is 0 Å². The van der Waals surface area contributed by atoms with Crippen LogP contribution in [0.15, 0.2) is 23.4 Å². The Labute approximate surface area is 141 Å². The first-order valence-corrected chi connectivity index (χ1v) is 8.82. The monoisotopic (exact) mass is 322 g/mol. The predicted octanol–water partition coefficient (Wildman–Crippen LogP) is 4.41. The van der Waals surface area contributed by atoms with E-state index in [9.17, 15) is 4.91 Å². The summed E-state index contributed by atoms with van der Waals surface area (Å²) in [4.78, 5) is 20.6. The Hall–Kier alpha value is -2.30. The zero-order valence-corrected chi connectivity index (χ0v) is 14.0. The van der Waals surface area contributed by atoms with Crippen molar-refractivity contribution < 1.29 is 0 Å². The molecule has 1 N–H and O–H groups in total. The largest absolute Gasteiger partial charge is 0.372 e. The number of nitrogens with zero attached hydrogens (tertiary/aromatic N) is 3. The minimum absolute atomic E-state index is 0.489. The highest BCUT2D eigenvalue weighted by Gasteiger charge is 2.24. The molecule has 124 valence electrons. The summed E-state index contributed by atoms with van der Waals surface area (Å²) in [6, 6.07) is 5.62. The second-order valence-electron chi connectivity index (χ2n) is 6.85. The Balaban J connectivity index is 1.76. The van der Waals surface area contributed by atoms with Gasteiger partial charge < -0.3 is 5.32 Å². The van der Waals surface area contributed by atoms with Crippen molar-refractivity contribution in [2.24, 2.45) is 11.1 Å². The molecule has 0 bridgehead atoms. The number of rotatable bonds is 4. The lowest BCUT2D eigenvalue weighted by Gasteiger charge is -2.21. The summed E-state index contributed by atoms with van der Waals surface area (Å²) in [6.45, 7) is 0. The van der Waals surface area contributed by atoms with Crippen molar-refractivity contribution in [2.45, 2.75) is 44.9 Å². The highest BCUT2D eigenvalue weighted by Crippen LogP contribution is 2.36. The van der Waals surface area contributed by atoms with Crippen LogP contribution < -0.4 is 5.32 Å². The summed E-state index contributed by atoms with van der Waals surface area (Å²) in [5, 5.41) is 6.28. The molecule has 2 aliphatic rings. The minimum Gasteiger partial charge on any atom is -0.372 e. The normalized spacial score (nSPS) is 16.5. The molecule has 1 heterocycles. The molecule has 1 aromatic heterocycles. The predicted molar refractivity (Wildman–Crippen MR) is 95.5 cm³/mol. The number of aryl methyl sites for hydroxylation is 2. The summed E-state index contributed by atoms with van der Waals surface area (Å²) in [5.74, 6) is 1.66. The van der Waals surface area contributed by atoms with Gasteiger partial charge in [-0.3, -0.25) is 0 Å². The third-order valence-electron chi connectivity index (χ3n) is 5.31. The van der Waals surface area contributed by atoms with E-state index in [1.807, 2.05) is 19.2 Å². The summed E-state index contributed by atoms with van der Waals surface area (Å²) in [7, 11) is 1.92. The van der Waals surface area contributed by atoms with Gasteiger partial charge in [-0.1, -0.05) is 31.7 Å². The standard InChI is InChI=1S/C19H22N4O/c1-20-19-17(10-12-4-2-3-5-12)21-18-15-8-7-14(23-24)11-13(15)6-9-16(18)22-19/h7-8,11-12H,2-6,9-10H2,1H3,(H,20,22). The van der Waals surface area contributed by atoms with Gasteiger partial charge in [0.2, 0.25) is 0 Å². The molecule has 5 nitrogen and oxygen atoms in total. The van der Waals surface area contributed by atoms with Gasteiger partial charge in [-0.15, -0.1) is 4.91 Å². The van der Waals surface area contributed by atoms with Crippen molar-refractivity contribution in [3.05, 3.63) is 40.1 Å². The highest BCUT2D eigenvalue weighted by molar-refractivity contribution is 5.71. The third kappa shape index (κ3) is 2.68. The summed E-state index contributed by atoms with van der Waals surface area (Å²) >= 11 is 0. The molecule has 0 saturated heterocycles. The molecule has 0 spiro atoms. The second kappa shape index (κ2) is 6.30. The lowest BCUT2D eigenvalue weighted by Crippen LogP contribution is -2.14. The van der Waals surface area contributed by atoms with Crippen LogP contribution in [0.3, 0.4) is 0 Å². The topological polar surface area (TPSA) is 67.2 Å². The van der Waals surface area contributed by atoms with E-state index in [0.717, 1.165) is 59.2 Å². The first kappa shape index (κ1) is 15.2. The first-order chi connectivity index (χ1) is 11.8. The maximum absolute atomic E-state index is 10.8. The van der Waals surface area contributed by atoms with Gasteiger partial charge in [-0.05, 0) is 48.1 Å². The fraction of sp³-hybridized carbons (Fsp3) is 0.474. The van der Waals surface area contributed by atoms with Gasteiger partial charge in [0.05, 0.1) is 17.1 Å². The van der Waals surface area contributed by atoms with E-state index in [-0.39, 0.29) is 0 Å². The van der Waals surface area contributed by atoms with Gasteiger partial charge >= 0.3 is 0 Å². The van der Waals surface area contributed by atoms with E-state index in [4.69, 9.17) is 9.97 Å². The first-order valence-electron chi connectivity index (χ1n) is 8.82. The van der Waals surface area contributed by atoms with Crippen molar-refractivity contribution in [3.8, 4) is 11.3 Å². The molecular weight excluding hydrogens is 300 g/mol. The van der Waals surface area contributed by atoms with E-state index in [0.29, 0.717) is 5.69 Å². The lowest BCUT2D eigenvalue weighted by molar-refractivity contribution is 0.538. The zero-order valence-electron chi connectivity index (χ0n) is 14.0. The average molecular weight is 322 g/mol. The molecule has 0 radical (unpaired) electrons. The summed E-state index contributed by atoms with van der Waals surface area (Å²) in [5.41, 5.74) is 5.86. The molecule has 2 aliphatic carbocycles. The van der Waals surface area contributed by atoms with Crippen molar-refractivity contribution >= 4 is 11.5 Å². The molecule has 2 aromatic rings. The van der Waals surface area contributed by atoms with E-state index in [2.05, 4.69) is 10.5 Å². The van der Waals surface area contributed by atoms with Gasteiger partial charge in [0, 0.05) is 12.6 Å². The highest BCUT2D eigenvalue weighted by atomic mass is 16.3. The number of aromatic nitrogens is 2. The van der Waals surface area contributed by atoms with Crippen LogP contribution in [0.5, 0.6) is 0 Å². The van der Waals surface area contributed by atoms with Gasteiger partial charge in [0.1, 0.15) is 11.5 Å². The van der Waals surface area contributed by atoms with Gasteiger partial charge in [-0.2, -0.15) is 0 Å². The summed E-state index contributed by atoms with van der Waals surface area (Å²) in [6.07, 6.45) is 8.01. The lowest BCUT2D eigenvalue weighted by atomic mass is 9.91. The SMILES string of the molecule is CNc1nc2c(nc1CC1CCCC1)-c1ccc(N=O)cc1CC2. The molecule has 0 atom stereocenters. The number of nitrogens with one attached hydrogen (secondary N) is 1. The third-order valence-corrected chi connectivity index (χ3v) is 5.31. The molecule has 1 aromatic carbocycles. The molecule has 1 saturated carbocycles. The molecule has 0 unspecified atom stereocenters. The van der Waals surface area contributed by atoms with Gasteiger partial charge in [0.25, 0.3) is 0 Å². The van der Waals surface area contributed by atoms with Crippen LogP contribution in [0.25, 0.3) is 11.3 Å². The van der Waals surface area contributed by atoms with Crippen LogP contribution in [0.1, 0.15) is 42.6 Å². The maximum Gasteiger partial charge on any atom is 0.147 e. The van der Waals surface area contributed by atoms with E-state index in [1.54, 1.807) is 6.07 Å². The number of nitroso groups, excluding NO2 is 1. The van der Waals surface area contributed by atoms with Gasteiger partial charge in [-0.25, -0.2) is 9.97 Å². The van der Waals surface area contributed by atoms with E-state index in [1.165, 1.54) is 25.7 Å². The Morgan fingerprint density at radius 3 is 2.79 bits per heavy atom. The zero-order chi connectivity index (χ0) is 16.5. The smallest absolute Gasteiger partial charge is 0.147 e. The molecule has 4 rings (SSSR count). The number of hydrogen-bond donors (Lipinski definition) is 1. The van der Waals surface area contributed by atoms with Crippen molar-refractivity contribution in [2.75, 3.05) is 12.4 Å². The van der Waals surface area contributed by atoms with Crippen LogP contribution in [0, 0.1) is 10.8 Å². The van der Waals surface area contributed by atoms with Crippen LogP contribution >= 0.6 is 0 Å². The number of fused-ring (bicyclic) bond motifs is 3. The fourth-order valence-corrected chi connectivity index (χ4v) is 4.05. The fourth-order valence-electron chi connectivity index (χ4n) is 4.05. The second-order valence-corrected chi connectivity index (χ2v) is 6.85. The number of hydrogen-bond acceptors (Lipinski definition) is 5. The quantitative estimate of drug-likeness (QED) is 0.846. The number of anilines is 1. The van der Waals surface area contributed by atoms with E-state index >= 15 is 0 Å². The Morgan fingerprint density at radius 2 is 2.04 bits per heavy atom. The Bertz CT molecular complexity index is 781. The number of benzene rings is 1. The van der Waals surface area contributed by atoms with Crippen molar-refractivity contribution in [3.63, 3.8) is 0 Å². The van der Waals surface area contributed by atoms with E-state index < -0.39 is 0 Å².